The van der Waals surface area contributed by atoms with Crippen LogP contribution < -0.4 is 11.1 Å². The van der Waals surface area contributed by atoms with Crippen molar-refractivity contribution in [1.82, 2.24) is 0 Å². The molecule has 0 fully saturated rings. The Morgan fingerprint density at radius 2 is 2.19 bits per heavy atom. The molecule has 0 aliphatic carbocycles. The molecular weight excluding hydrogens is 291 g/mol. The van der Waals surface area contributed by atoms with Gasteiger partial charge in [-0.2, -0.15) is 0 Å². The number of anilines is 1. The summed E-state index contributed by atoms with van der Waals surface area (Å²) in [5, 5.41) is 2.86. The fourth-order valence-corrected chi connectivity index (χ4v) is 1.72. The second-order valence-corrected chi connectivity index (χ2v) is 4.32. The highest BCUT2D eigenvalue weighted by atomic mass is 79.9. The summed E-state index contributed by atoms with van der Waals surface area (Å²) in [6.07, 6.45) is 1.20. The van der Waals surface area contributed by atoms with Crippen molar-refractivity contribution in [2.45, 2.75) is 19.8 Å². The summed E-state index contributed by atoms with van der Waals surface area (Å²) in [6, 6.07) is 5.77. The molecule has 0 heterocycles. The summed E-state index contributed by atoms with van der Waals surface area (Å²) < 4.78 is 1.01. The van der Waals surface area contributed by atoms with E-state index in [-0.39, 0.29) is 18.3 Å². The van der Waals surface area contributed by atoms with E-state index in [1.54, 1.807) is 0 Å². The Morgan fingerprint density at radius 3 is 2.75 bits per heavy atom. The quantitative estimate of drug-likeness (QED) is 0.898. The topological polar surface area (TPSA) is 55.1 Å². The first kappa shape index (κ1) is 15.4. The van der Waals surface area contributed by atoms with Crippen LogP contribution in [-0.2, 0) is 4.79 Å². The third kappa shape index (κ3) is 4.96. The van der Waals surface area contributed by atoms with Gasteiger partial charge in [0, 0.05) is 16.6 Å². The van der Waals surface area contributed by atoms with Crippen molar-refractivity contribution >= 4 is 39.9 Å². The molecule has 0 bridgehead atoms. The first-order valence-electron chi connectivity index (χ1n) is 4.89. The zero-order valence-corrected chi connectivity index (χ0v) is 11.5. The minimum atomic E-state index is 0. The average Bonchev–Trinajstić information content (AvgIpc) is 2.19. The van der Waals surface area contributed by atoms with Crippen molar-refractivity contribution in [3.05, 3.63) is 28.2 Å². The summed E-state index contributed by atoms with van der Waals surface area (Å²) in [7, 11) is 0. The van der Waals surface area contributed by atoms with Crippen LogP contribution in [-0.4, -0.2) is 12.5 Å². The van der Waals surface area contributed by atoms with Gasteiger partial charge in [0.05, 0.1) is 0 Å². The van der Waals surface area contributed by atoms with Gasteiger partial charge < -0.3 is 11.1 Å². The van der Waals surface area contributed by atoms with Crippen LogP contribution in [0, 0.1) is 6.92 Å². The van der Waals surface area contributed by atoms with Crippen LogP contribution in [0.5, 0.6) is 0 Å². The van der Waals surface area contributed by atoms with E-state index < -0.39 is 0 Å². The Kier molecular flexibility index (Phi) is 7.38. The number of nitrogens with two attached hydrogens (primary N) is 1. The Bertz CT molecular complexity index is 358. The number of rotatable bonds is 4. The van der Waals surface area contributed by atoms with E-state index in [1.807, 2.05) is 25.1 Å². The molecule has 0 spiro atoms. The van der Waals surface area contributed by atoms with Crippen molar-refractivity contribution in [1.29, 1.82) is 0 Å². The third-order valence-corrected chi connectivity index (χ3v) is 2.56. The second-order valence-electron chi connectivity index (χ2n) is 3.40. The normalized spacial score (nSPS) is 9.44. The molecule has 0 aromatic heterocycles. The van der Waals surface area contributed by atoms with Crippen LogP contribution in [0.25, 0.3) is 0 Å². The molecule has 0 aliphatic heterocycles. The zero-order valence-electron chi connectivity index (χ0n) is 9.13. The van der Waals surface area contributed by atoms with E-state index in [2.05, 4.69) is 21.2 Å². The average molecular weight is 308 g/mol. The lowest BCUT2D eigenvalue weighted by Gasteiger charge is -2.08. The van der Waals surface area contributed by atoms with Gasteiger partial charge in [-0.1, -0.05) is 15.9 Å². The van der Waals surface area contributed by atoms with Crippen molar-refractivity contribution in [3.8, 4) is 0 Å². The van der Waals surface area contributed by atoms with Gasteiger partial charge in [0.2, 0.25) is 5.91 Å². The number of aryl methyl sites for hydroxylation is 1. The number of hydrogen-bond acceptors (Lipinski definition) is 2. The number of hydrogen-bond donors (Lipinski definition) is 2. The Morgan fingerprint density at radius 1 is 1.50 bits per heavy atom. The van der Waals surface area contributed by atoms with E-state index in [0.29, 0.717) is 13.0 Å². The lowest BCUT2D eigenvalue weighted by atomic mass is 10.2. The van der Waals surface area contributed by atoms with E-state index in [9.17, 15) is 4.79 Å². The zero-order chi connectivity index (χ0) is 11.3. The maximum Gasteiger partial charge on any atom is 0.224 e. The van der Waals surface area contributed by atoms with Gasteiger partial charge in [-0.05, 0) is 43.7 Å². The number of nitrogens with one attached hydrogen (secondary N) is 1. The predicted octanol–water partition coefficient (Wildman–Crippen LogP) is 2.86. The molecular formula is C11H16BrClN2O. The Hall–Kier alpha value is -0.580. The summed E-state index contributed by atoms with van der Waals surface area (Å²) in [5.74, 6) is 0.0193. The number of halogens is 2. The number of benzene rings is 1. The highest BCUT2D eigenvalue weighted by molar-refractivity contribution is 9.10. The standard InChI is InChI=1S/C11H15BrN2O.ClH/c1-8-7-9(12)4-5-10(8)14-11(15)3-2-6-13;/h4-5,7H,2-3,6,13H2,1H3,(H,14,15);1H. The smallest absolute Gasteiger partial charge is 0.224 e. The third-order valence-electron chi connectivity index (χ3n) is 2.07. The van der Waals surface area contributed by atoms with Gasteiger partial charge >= 0.3 is 0 Å². The van der Waals surface area contributed by atoms with Crippen molar-refractivity contribution in [3.63, 3.8) is 0 Å². The van der Waals surface area contributed by atoms with Gasteiger partial charge in [0.25, 0.3) is 0 Å². The molecule has 16 heavy (non-hydrogen) atoms. The number of carbonyl (C=O) groups excluding carboxylic acids is 1. The molecule has 0 saturated heterocycles. The van der Waals surface area contributed by atoms with Crippen molar-refractivity contribution in [2.75, 3.05) is 11.9 Å². The minimum Gasteiger partial charge on any atom is -0.330 e. The Balaban J connectivity index is 0.00000225. The predicted molar refractivity (Wildman–Crippen MR) is 73.0 cm³/mol. The summed E-state index contributed by atoms with van der Waals surface area (Å²) in [6.45, 7) is 2.51. The molecule has 1 aromatic carbocycles. The highest BCUT2D eigenvalue weighted by Crippen LogP contribution is 2.20. The second kappa shape index (κ2) is 7.65. The maximum absolute atomic E-state index is 11.4. The van der Waals surface area contributed by atoms with Gasteiger partial charge in [-0.15, -0.1) is 12.4 Å². The molecule has 3 nitrogen and oxygen atoms in total. The molecule has 0 aliphatic rings. The molecule has 0 atom stereocenters. The molecule has 3 N–H and O–H groups in total. The molecule has 1 rings (SSSR count). The maximum atomic E-state index is 11.4. The van der Waals surface area contributed by atoms with Crippen LogP contribution in [0.15, 0.2) is 22.7 Å². The lowest BCUT2D eigenvalue weighted by Crippen LogP contribution is -2.14. The van der Waals surface area contributed by atoms with E-state index in [1.165, 1.54) is 0 Å². The van der Waals surface area contributed by atoms with Gasteiger partial charge in [0.1, 0.15) is 0 Å². The van der Waals surface area contributed by atoms with Crippen LogP contribution in [0.1, 0.15) is 18.4 Å². The molecule has 0 unspecified atom stereocenters. The molecule has 5 heteroatoms. The van der Waals surface area contributed by atoms with Crippen LogP contribution in [0.2, 0.25) is 0 Å². The molecule has 90 valence electrons. The number of amides is 1. The monoisotopic (exact) mass is 306 g/mol. The summed E-state index contributed by atoms with van der Waals surface area (Å²) in [4.78, 5) is 11.4. The molecule has 0 saturated carbocycles. The SMILES string of the molecule is Cc1cc(Br)ccc1NC(=O)CCCN.Cl. The van der Waals surface area contributed by atoms with Crippen LogP contribution >= 0.6 is 28.3 Å². The minimum absolute atomic E-state index is 0. The lowest BCUT2D eigenvalue weighted by molar-refractivity contribution is -0.116. The highest BCUT2D eigenvalue weighted by Gasteiger charge is 2.04. The summed E-state index contributed by atoms with van der Waals surface area (Å²) >= 11 is 3.38. The van der Waals surface area contributed by atoms with Crippen molar-refractivity contribution in [2.24, 2.45) is 5.73 Å². The van der Waals surface area contributed by atoms with Gasteiger partial charge in [0.15, 0.2) is 0 Å². The first-order valence-corrected chi connectivity index (χ1v) is 5.69. The van der Waals surface area contributed by atoms with Crippen molar-refractivity contribution < 1.29 is 4.79 Å². The fraction of sp³-hybridized carbons (Fsp3) is 0.364. The summed E-state index contributed by atoms with van der Waals surface area (Å²) in [5.41, 5.74) is 7.24. The van der Waals surface area contributed by atoms with Gasteiger partial charge in [-0.3, -0.25) is 4.79 Å². The first-order chi connectivity index (χ1) is 7.13. The Labute approximate surface area is 110 Å². The van der Waals surface area contributed by atoms with Gasteiger partial charge in [-0.25, -0.2) is 0 Å². The number of carbonyl (C=O) groups is 1. The van der Waals surface area contributed by atoms with Crippen LogP contribution in [0.4, 0.5) is 5.69 Å². The molecule has 1 aromatic rings. The van der Waals surface area contributed by atoms with E-state index >= 15 is 0 Å². The van der Waals surface area contributed by atoms with E-state index in [0.717, 1.165) is 22.1 Å². The fourth-order valence-electron chi connectivity index (χ4n) is 1.24. The molecule has 1 amide bonds. The van der Waals surface area contributed by atoms with E-state index in [4.69, 9.17) is 5.73 Å². The van der Waals surface area contributed by atoms with Crippen LogP contribution in [0.3, 0.4) is 0 Å². The molecule has 0 radical (unpaired) electrons. The largest absolute Gasteiger partial charge is 0.330 e.